The number of rotatable bonds is 6. The van der Waals surface area contributed by atoms with Crippen LogP contribution >= 0.6 is 23.1 Å². The number of fused-ring (bicyclic) bond motifs is 1. The third-order valence-electron chi connectivity index (χ3n) is 3.78. The van der Waals surface area contributed by atoms with Crippen LogP contribution in [0.5, 0.6) is 0 Å². The number of aryl methyl sites for hydroxylation is 1. The van der Waals surface area contributed by atoms with Crippen molar-refractivity contribution >= 4 is 39.3 Å². The van der Waals surface area contributed by atoms with Crippen molar-refractivity contribution < 1.29 is 9.53 Å². The van der Waals surface area contributed by atoms with Crippen LogP contribution in [0.2, 0.25) is 0 Å². The molecule has 2 heterocycles. The summed E-state index contributed by atoms with van der Waals surface area (Å²) < 4.78 is 4.61. The summed E-state index contributed by atoms with van der Waals surface area (Å²) in [4.78, 5) is 31.8. The fraction of sp³-hybridized carbons (Fsp3) is 0.278. The van der Waals surface area contributed by atoms with Crippen molar-refractivity contribution in [2.45, 2.75) is 24.9 Å². The Morgan fingerprint density at radius 2 is 2.08 bits per heavy atom. The predicted octanol–water partition coefficient (Wildman–Crippen LogP) is 4.01. The van der Waals surface area contributed by atoms with Gasteiger partial charge in [0.2, 0.25) is 0 Å². The normalized spacial score (nSPS) is 11.0. The first-order valence-corrected chi connectivity index (χ1v) is 9.73. The molecule has 130 valence electrons. The Hall–Kier alpha value is -2.12. The van der Waals surface area contributed by atoms with Crippen molar-refractivity contribution in [2.24, 2.45) is 0 Å². The van der Waals surface area contributed by atoms with Crippen LogP contribution in [0, 0.1) is 6.92 Å². The number of thioether (sulfide) groups is 1. The minimum absolute atomic E-state index is 0.128. The maximum atomic E-state index is 12.5. The fourth-order valence-electron chi connectivity index (χ4n) is 2.43. The zero-order chi connectivity index (χ0) is 17.8. The van der Waals surface area contributed by atoms with E-state index >= 15 is 0 Å². The highest BCUT2D eigenvalue weighted by Crippen LogP contribution is 2.31. The standard InChI is InChI=1S/C18H18N2O3S2/c1-11-5-7-12(8-6-11)13-10-25-17-15(13)16(22)19-18(20-17)24-9-3-4-14(21)23-2/h5-8,10H,3-4,9H2,1-2H3,(H,19,20,22). The van der Waals surface area contributed by atoms with Crippen LogP contribution in [0.1, 0.15) is 18.4 Å². The quantitative estimate of drug-likeness (QED) is 0.305. The van der Waals surface area contributed by atoms with E-state index in [1.54, 1.807) is 0 Å². The monoisotopic (exact) mass is 374 g/mol. The molecule has 0 fully saturated rings. The molecule has 0 aliphatic rings. The highest BCUT2D eigenvalue weighted by Gasteiger charge is 2.13. The number of benzene rings is 1. The lowest BCUT2D eigenvalue weighted by molar-refractivity contribution is -0.140. The average molecular weight is 374 g/mol. The summed E-state index contributed by atoms with van der Waals surface area (Å²) in [6.07, 6.45) is 1.05. The second-order valence-electron chi connectivity index (χ2n) is 5.59. The van der Waals surface area contributed by atoms with Gasteiger partial charge in [0.1, 0.15) is 4.83 Å². The van der Waals surface area contributed by atoms with Crippen LogP contribution in [0.3, 0.4) is 0 Å². The van der Waals surface area contributed by atoms with Crippen molar-refractivity contribution in [1.82, 2.24) is 9.97 Å². The molecule has 0 spiro atoms. The Morgan fingerprint density at radius 1 is 1.32 bits per heavy atom. The number of carbonyl (C=O) groups is 1. The van der Waals surface area contributed by atoms with Gasteiger partial charge in [-0.2, -0.15) is 0 Å². The van der Waals surface area contributed by atoms with Gasteiger partial charge in [-0.05, 0) is 18.9 Å². The lowest BCUT2D eigenvalue weighted by Gasteiger charge is -2.03. The Balaban J connectivity index is 1.80. The summed E-state index contributed by atoms with van der Waals surface area (Å²) in [5.41, 5.74) is 2.98. The fourth-order valence-corrected chi connectivity index (χ4v) is 4.24. The van der Waals surface area contributed by atoms with Gasteiger partial charge in [-0.1, -0.05) is 41.6 Å². The van der Waals surface area contributed by atoms with Crippen LogP contribution < -0.4 is 5.56 Å². The molecule has 0 saturated carbocycles. The second-order valence-corrected chi connectivity index (χ2v) is 7.54. The van der Waals surface area contributed by atoms with Crippen molar-refractivity contribution in [3.8, 4) is 11.1 Å². The number of aromatic amines is 1. The van der Waals surface area contributed by atoms with E-state index in [0.717, 1.165) is 16.0 Å². The number of hydrogen-bond donors (Lipinski definition) is 1. The van der Waals surface area contributed by atoms with E-state index in [4.69, 9.17) is 0 Å². The van der Waals surface area contributed by atoms with Gasteiger partial charge in [0.15, 0.2) is 5.16 Å². The number of H-pyrrole nitrogens is 1. The SMILES string of the molecule is COC(=O)CCCSc1nc2scc(-c3ccc(C)cc3)c2c(=O)[nH]1. The minimum atomic E-state index is -0.224. The number of nitrogens with one attached hydrogen (secondary N) is 1. The lowest BCUT2D eigenvalue weighted by atomic mass is 10.1. The van der Waals surface area contributed by atoms with Crippen LogP contribution in [-0.4, -0.2) is 28.8 Å². The molecular formula is C18H18N2O3S2. The van der Waals surface area contributed by atoms with Crippen molar-refractivity contribution in [1.29, 1.82) is 0 Å². The zero-order valence-electron chi connectivity index (χ0n) is 14.0. The number of methoxy groups -OCH3 is 1. The molecule has 0 amide bonds. The van der Waals surface area contributed by atoms with E-state index < -0.39 is 0 Å². The van der Waals surface area contributed by atoms with Crippen LogP contribution in [0.15, 0.2) is 39.6 Å². The number of nitrogens with zero attached hydrogens (tertiary/aromatic N) is 1. The second kappa shape index (κ2) is 7.84. The third-order valence-corrected chi connectivity index (χ3v) is 5.61. The van der Waals surface area contributed by atoms with Gasteiger partial charge in [-0.15, -0.1) is 11.3 Å². The largest absolute Gasteiger partial charge is 0.469 e. The number of carbonyl (C=O) groups excluding carboxylic acids is 1. The molecule has 0 aliphatic heterocycles. The molecule has 0 saturated heterocycles. The lowest BCUT2D eigenvalue weighted by Crippen LogP contribution is -2.09. The maximum absolute atomic E-state index is 12.5. The molecule has 1 N–H and O–H groups in total. The molecule has 3 rings (SSSR count). The van der Waals surface area contributed by atoms with E-state index in [2.05, 4.69) is 14.7 Å². The van der Waals surface area contributed by atoms with Crippen molar-refractivity contribution in [3.05, 3.63) is 45.6 Å². The summed E-state index contributed by atoms with van der Waals surface area (Å²) in [6.45, 7) is 2.04. The van der Waals surface area contributed by atoms with Gasteiger partial charge >= 0.3 is 5.97 Å². The van der Waals surface area contributed by atoms with Crippen LogP contribution in [0.25, 0.3) is 21.3 Å². The zero-order valence-corrected chi connectivity index (χ0v) is 15.6. The molecule has 1 aromatic carbocycles. The summed E-state index contributed by atoms with van der Waals surface area (Å²) in [5, 5.41) is 3.19. The number of aromatic nitrogens is 2. The number of ether oxygens (including phenoxy) is 1. The topological polar surface area (TPSA) is 72.0 Å². The third kappa shape index (κ3) is 4.11. The molecule has 25 heavy (non-hydrogen) atoms. The Morgan fingerprint density at radius 3 is 2.80 bits per heavy atom. The highest BCUT2D eigenvalue weighted by atomic mass is 32.2. The van der Waals surface area contributed by atoms with Crippen molar-refractivity contribution in [3.63, 3.8) is 0 Å². The Labute approximate surface area is 153 Å². The first-order chi connectivity index (χ1) is 12.1. The van der Waals surface area contributed by atoms with E-state index in [9.17, 15) is 9.59 Å². The smallest absolute Gasteiger partial charge is 0.305 e. The summed E-state index contributed by atoms with van der Waals surface area (Å²) in [6, 6.07) is 8.11. The molecular weight excluding hydrogens is 356 g/mol. The first-order valence-electron chi connectivity index (χ1n) is 7.86. The van der Waals surface area contributed by atoms with Gasteiger partial charge < -0.3 is 9.72 Å². The van der Waals surface area contributed by atoms with Gasteiger partial charge in [0.05, 0.1) is 12.5 Å². The first kappa shape index (κ1) is 17.7. The number of esters is 1. The molecule has 0 unspecified atom stereocenters. The van der Waals surface area contributed by atoms with Gasteiger partial charge in [0, 0.05) is 23.1 Å². The molecule has 0 atom stereocenters. The van der Waals surface area contributed by atoms with Crippen molar-refractivity contribution in [2.75, 3.05) is 12.9 Å². The summed E-state index contributed by atoms with van der Waals surface area (Å²) in [5.74, 6) is 0.471. The minimum Gasteiger partial charge on any atom is -0.469 e. The van der Waals surface area contributed by atoms with E-state index in [1.807, 2.05) is 36.6 Å². The van der Waals surface area contributed by atoms with Gasteiger partial charge in [-0.3, -0.25) is 9.59 Å². The maximum Gasteiger partial charge on any atom is 0.305 e. The molecule has 2 aromatic heterocycles. The van der Waals surface area contributed by atoms with E-state index in [1.165, 1.54) is 35.8 Å². The van der Waals surface area contributed by atoms with Crippen LogP contribution in [-0.2, 0) is 9.53 Å². The average Bonchev–Trinajstić information content (AvgIpc) is 3.03. The van der Waals surface area contributed by atoms with Crippen LogP contribution in [0.4, 0.5) is 0 Å². The molecule has 5 nitrogen and oxygen atoms in total. The molecule has 0 radical (unpaired) electrons. The predicted molar refractivity (Wildman–Crippen MR) is 102 cm³/mol. The molecule has 3 aromatic rings. The Bertz CT molecular complexity index is 945. The summed E-state index contributed by atoms with van der Waals surface area (Å²) >= 11 is 2.91. The molecule has 0 bridgehead atoms. The Kier molecular flexibility index (Phi) is 5.55. The summed E-state index contributed by atoms with van der Waals surface area (Å²) in [7, 11) is 1.38. The number of thiophene rings is 1. The highest BCUT2D eigenvalue weighted by molar-refractivity contribution is 7.99. The number of hydrogen-bond acceptors (Lipinski definition) is 6. The van der Waals surface area contributed by atoms with E-state index in [-0.39, 0.29) is 11.5 Å². The van der Waals surface area contributed by atoms with Gasteiger partial charge in [0.25, 0.3) is 5.56 Å². The molecule has 7 heteroatoms. The van der Waals surface area contributed by atoms with E-state index in [0.29, 0.717) is 29.1 Å². The molecule has 0 aliphatic carbocycles. The van der Waals surface area contributed by atoms with Gasteiger partial charge in [-0.25, -0.2) is 4.98 Å².